The number of nitro benzene ring substituents is 1. The van der Waals surface area contributed by atoms with Crippen LogP contribution in [0.15, 0.2) is 77.7 Å². The van der Waals surface area contributed by atoms with E-state index in [-0.39, 0.29) is 17.2 Å². The standard InChI is InChI=1S/C25H18ClN3O6S/c26-20-3-1-2-4-21(20)27-23(30)14-28-24(31)22(36-25(28)32)13-16-7-11-19(12-8-16)35-15-17-5-9-18(10-6-17)29(33)34/h1-13H,14-15H2,(H,27,30)/b22-13+. The molecule has 1 saturated heterocycles. The number of carbonyl (C=O) groups excluding carboxylic acids is 3. The molecule has 1 fully saturated rings. The number of imide groups is 1. The first-order valence-corrected chi connectivity index (χ1v) is 11.8. The van der Waals surface area contributed by atoms with Crippen LogP contribution in [0.1, 0.15) is 11.1 Å². The fraction of sp³-hybridized carbons (Fsp3) is 0.0800. The van der Waals surface area contributed by atoms with Gasteiger partial charge in [-0.25, -0.2) is 0 Å². The maximum atomic E-state index is 12.7. The molecule has 36 heavy (non-hydrogen) atoms. The van der Waals surface area contributed by atoms with Crippen molar-refractivity contribution in [3.63, 3.8) is 0 Å². The lowest BCUT2D eigenvalue weighted by atomic mass is 10.2. The van der Waals surface area contributed by atoms with Crippen LogP contribution >= 0.6 is 23.4 Å². The minimum absolute atomic E-state index is 0.00809. The van der Waals surface area contributed by atoms with Crippen LogP contribution in [0.2, 0.25) is 5.02 Å². The fourth-order valence-corrected chi connectivity index (χ4v) is 4.25. The number of nitro groups is 1. The van der Waals surface area contributed by atoms with E-state index < -0.39 is 28.5 Å². The number of nitrogens with zero attached hydrogens (tertiary/aromatic N) is 2. The van der Waals surface area contributed by atoms with E-state index in [1.165, 1.54) is 12.1 Å². The molecule has 0 atom stereocenters. The number of benzene rings is 3. The topological polar surface area (TPSA) is 119 Å². The Balaban J connectivity index is 1.34. The van der Waals surface area contributed by atoms with Crippen molar-refractivity contribution >= 4 is 57.9 Å². The Morgan fingerprint density at radius 2 is 1.75 bits per heavy atom. The number of carbonyl (C=O) groups is 3. The number of hydrogen-bond donors (Lipinski definition) is 1. The quantitative estimate of drug-likeness (QED) is 0.235. The molecule has 3 aromatic rings. The molecule has 3 amide bonds. The van der Waals surface area contributed by atoms with Gasteiger partial charge < -0.3 is 10.1 Å². The summed E-state index contributed by atoms with van der Waals surface area (Å²) in [5.74, 6) is -0.533. The highest BCUT2D eigenvalue weighted by Gasteiger charge is 2.36. The van der Waals surface area contributed by atoms with Crippen LogP contribution < -0.4 is 10.1 Å². The number of hydrogen-bond acceptors (Lipinski definition) is 7. The lowest BCUT2D eigenvalue weighted by Gasteiger charge is -2.13. The van der Waals surface area contributed by atoms with E-state index in [1.807, 2.05) is 0 Å². The number of non-ortho nitro benzene ring substituents is 1. The summed E-state index contributed by atoms with van der Waals surface area (Å²) in [4.78, 5) is 48.7. The first-order valence-electron chi connectivity index (χ1n) is 10.6. The van der Waals surface area contributed by atoms with Crippen molar-refractivity contribution in [3.05, 3.63) is 104 Å². The summed E-state index contributed by atoms with van der Waals surface area (Å²) in [5.41, 5.74) is 1.84. The van der Waals surface area contributed by atoms with Gasteiger partial charge in [-0.15, -0.1) is 0 Å². The number of rotatable bonds is 8. The van der Waals surface area contributed by atoms with Gasteiger partial charge in [0.05, 0.1) is 20.5 Å². The van der Waals surface area contributed by atoms with Crippen molar-refractivity contribution < 1.29 is 24.0 Å². The fourth-order valence-electron chi connectivity index (χ4n) is 3.22. The van der Waals surface area contributed by atoms with Crippen LogP contribution in [-0.4, -0.2) is 33.4 Å². The number of para-hydroxylation sites is 1. The number of ether oxygens (including phenoxy) is 1. The maximum Gasteiger partial charge on any atom is 0.294 e. The molecule has 0 spiro atoms. The number of halogens is 1. The third kappa shape index (κ3) is 6.09. The van der Waals surface area contributed by atoms with Crippen molar-refractivity contribution in [2.24, 2.45) is 0 Å². The molecule has 1 heterocycles. The third-order valence-electron chi connectivity index (χ3n) is 5.05. The van der Waals surface area contributed by atoms with Crippen LogP contribution in [0.25, 0.3) is 6.08 Å². The minimum atomic E-state index is -0.558. The monoisotopic (exact) mass is 523 g/mol. The molecule has 1 aliphatic rings. The number of thioether (sulfide) groups is 1. The Labute approximate surface area is 214 Å². The largest absolute Gasteiger partial charge is 0.489 e. The van der Waals surface area contributed by atoms with Gasteiger partial charge in [0.2, 0.25) is 5.91 Å². The van der Waals surface area contributed by atoms with Crippen molar-refractivity contribution in [2.45, 2.75) is 6.61 Å². The van der Waals surface area contributed by atoms with Crippen LogP contribution in [0.5, 0.6) is 5.75 Å². The normalized spacial score (nSPS) is 14.2. The Kier molecular flexibility index (Phi) is 7.67. The van der Waals surface area contributed by atoms with Gasteiger partial charge in [-0.2, -0.15) is 0 Å². The van der Waals surface area contributed by atoms with E-state index in [1.54, 1.807) is 66.7 Å². The molecule has 0 saturated carbocycles. The van der Waals surface area contributed by atoms with Crippen LogP contribution in [0.4, 0.5) is 16.2 Å². The van der Waals surface area contributed by atoms with Gasteiger partial charge in [-0.1, -0.05) is 35.9 Å². The molecule has 0 aromatic heterocycles. The van der Waals surface area contributed by atoms with Gasteiger partial charge in [0, 0.05) is 12.1 Å². The smallest absolute Gasteiger partial charge is 0.294 e. The lowest BCUT2D eigenvalue weighted by Crippen LogP contribution is -2.36. The Hall–Kier alpha value is -4.15. The minimum Gasteiger partial charge on any atom is -0.489 e. The summed E-state index contributed by atoms with van der Waals surface area (Å²) >= 11 is 6.78. The molecule has 0 unspecified atom stereocenters. The molecule has 182 valence electrons. The zero-order valence-electron chi connectivity index (χ0n) is 18.5. The summed E-state index contributed by atoms with van der Waals surface area (Å²) in [7, 11) is 0. The molecule has 4 rings (SSSR count). The number of amides is 3. The van der Waals surface area contributed by atoms with Gasteiger partial charge in [-0.3, -0.25) is 29.4 Å². The lowest BCUT2D eigenvalue weighted by molar-refractivity contribution is -0.384. The molecule has 0 bridgehead atoms. The zero-order chi connectivity index (χ0) is 25.7. The van der Waals surface area contributed by atoms with E-state index in [9.17, 15) is 24.5 Å². The molecule has 11 heteroatoms. The second-order valence-corrected chi connectivity index (χ2v) is 8.98. The molecular weight excluding hydrogens is 506 g/mol. The van der Waals surface area contributed by atoms with E-state index >= 15 is 0 Å². The van der Waals surface area contributed by atoms with E-state index in [2.05, 4.69) is 5.32 Å². The Bertz CT molecular complexity index is 1360. The summed E-state index contributed by atoms with van der Waals surface area (Å²) < 4.78 is 5.69. The molecule has 1 aliphatic heterocycles. The van der Waals surface area contributed by atoms with Crippen molar-refractivity contribution in [1.82, 2.24) is 4.90 Å². The maximum absolute atomic E-state index is 12.7. The van der Waals surface area contributed by atoms with Crippen molar-refractivity contribution in [3.8, 4) is 5.75 Å². The predicted molar refractivity (Wildman–Crippen MR) is 137 cm³/mol. The van der Waals surface area contributed by atoms with E-state index in [4.69, 9.17) is 16.3 Å². The summed E-state index contributed by atoms with van der Waals surface area (Å²) in [6, 6.07) is 19.6. The first kappa shape index (κ1) is 25.0. The van der Waals surface area contributed by atoms with E-state index in [0.29, 0.717) is 22.0 Å². The van der Waals surface area contributed by atoms with Gasteiger partial charge in [0.15, 0.2) is 0 Å². The van der Waals surface area contributed by atoms with Crippen LogP contribution in [0, 0.1) is 10.1 Å². The predicted octanol–water partition coefficient (Wildman–Crippen LogP) is 5.50. The molecule has 3 aromatic carbocycles. The second kappa shape index (κ2) is 11.1. The average Bonchev–Trinajstić information content (AvgIpc) is 3.12. The molecule has 0 aliphatic carbocycles. The molecule has 0 radical (unpaired) electrons. The third-order valence-corrected chi connectivity index (χ3v) is 6.29. The van der Waals surface area contributed by atoms with Gasteiger partial charge in [-0.05, 0) is 65.4 Å². The second-order valence-electron chi connectivity index (χ2n) is 7.58. The summed E-state index contributed by atoms with van der Waals surface area (Å²) in [6.45, 7) is -0.199. The number of anilines is 1. The highest BCUT2D eigenvalue weighted by atomic mass is 35.5. The number of nitrogens with one attached hydrogen (secondary N) is 1. The van der Waals surface area contributed by atoms with Gasteiger partial charge in [0.25, 0.3) is 16.8 Å². The molecule has 9 nitrogen and oxygen atoms in total. The van der Waals surface area contributed by atoms with Gasteiger partial charge >= 0.3 is 0 Å². The Morgan fingerprint density at radius 3 is 2.42 bits per heavy atom. The SMILES string of the molecule is O=C(CN1C(=O)S/C(=C/c2ccc(OCc3ccc([N+](=O)[O-])cc3)cc2)C1=O)Nc1ccccc1Cl. The highest BCUT2D eigenvalue weighted by Crippen LogP contribution is 2.32. The molecule has 1 N–H and O–H groups in total. The van der Waals surface area contributed by atoms with E-state index in [0.717, 1.165) is 22.2 Å². The van der Waals surface area contributed by atoms with Crippen LogP contribution in [-0.2, 0) is 16.2 Å². The van der Waals surface area contributed by atoms with Crippen molar-refractivity contribution in [2.75, 3.05) is 11.9 Å². The summed E-state index contributed by atoms with van der Waals surface area (Å²) in [6.07, 6.45) is 1.57. The average molecular weight is 524 g/mol. The van der Waals surface area contributed by atoms with Crippen molar-refractivity contribution in [1.29, 1.82) is 0 Å². The van der Waals surface area contributed by atoms with Crippen LogP contribution in [0.3, 0.4) is 0 Å². The summed E-state index contributed by atoms with van der Waals surface area (Å²) in [5, 5.41) is 13.1. The molecular formula is C25H18ClN3O6S. The highest BCUT2D eigenvalue weighted by molar-refractivity contribution is 8.18. The van der Waals surface area contributed by atoms with Gasteiger partial charge in [0.1, 0.15) is 18.9 Å². The first-order chi connectivity index (χ1) is 17.3. The Morgan fingerprint density at radius 1 is 1.06 bits per heavy atom. The zero-order valence-corrected chi connectivity index (χ0v) is 20.1.